The third kappa shape index (κ3) is 10.4. The first-order valence-corrected chi connectivity index (χ1v) is 25.1. The highest BCUT2D eigenvalue weighted by Gasteiger charge is 2.55. The highest BCUT2D eigenvalue weighted by Crippen LogP contribution is 2.43. The zero-order valence-electron chi connectivity index (χ0n) is 40.2. The Kier molecular flexibility index (Phi) is 14.6. The fraction of sp³-hybridized carbons (Fsp3) is 0.480. The Labute approximate surface area is 413 Å². The van der Waals surface area contributed by atoms with Crippen molar-refractivity contribution in [1.29, 1.82) is 0 Å². The molecule has 1 unspecified atom stereocenters. The smallest absolute Gasteiger partial charge is 0.269 e. The molecule has 8 atom stereocenters. The second-order valence-corrected chi connectivity index (χ2v) is 21.4. The number of nitrogens with zero attached hydrogens (tertiary/aromatic N) is 5. The minimum absolute atomic E-state index is 0.0427. The standard InChI is InChI=1S/C50H59FN8O9S2/c1-26(50(51,41-16-27(2)57-68-41)48(66)59-22-34(62)18-38(59)45(63)52-20-30-9-11-31(12-10-30)42-28(3)53-24-69-42)8-15-36-43(70-25-54-36)32-13-14-35-37(23-67-40(35)17-32)56-46(64)39-19-33(61)21-58(39)47(65)44(49(5,6)7)55-29(4)60/h9-14,16-17,24-26,33-34,37-39,44,61-62H,8,15,18-23H2,1-7H3,(H,52,63)(H,55,60)(H,56,64)/t26?,33-,34-,37+,38+,39+,44-,50+/m1/s1. The SMILES string of the molecule is CC(=O)N[C@H](C(=O)N1C[C@H](O)C[C@H]1C(=O)N[C@H]1COc2cc(-c3scnc3CCC(C)[C@@](F)(C(=O)N3C[C@H](O)C[C@H]3C(=O)NCc3ccc(-c4scnc4C)cc3)c3cc(C)no3)ccc21)C(C)(C)C. The molecular formula is C50H59FN8O9S2. The molecule has 372 valence electrons. The number of carbonyl (C=O) groups is 5. The number of alkyl halides is 1. The quantitative estimate of drug-likeness (QED) is 0.0899. The number of ether oxygens (including phenoxy) is 1. The molecule has 0 bridgehead atoms. The number of aryl methyl sites for hydroxylation is 3. The summed E-state index contributed by atoms with van der Waals surface area (Å²) in [6, 6.07) is 11.1. The van der Waals surface area contributed by atoms with Gasteiger partial charge in [-0.3, -0.25) is 24.0 Å². The summed E-state index contributed by atoms with van der Waals surface area (Å²) in [5, 5.41) is 33.9. The molecular weight excluding hydrogens is 940 g/mol. The van der Waals surface area contributed by atoms with Crippen molar-refractivity contribution in [1.82, 2.24) is 40.9 Å². The number of nitrogens with one attached hydrogen (secondary N) is 3. The van der Waals surface area contributed by atoms with Gasteiger partial charge >= 0.3 is 0 Å². The molecule has 3 aliphatic rings. The molecule has 0 radical (unpaired) electrons. The lowest BCUT2D eigenvalue weighted by atomic mass is 9.82. The molecule has 5 N–H and O–H groups in total. The molecule has 17 nitrogen and oxygen atoms in total. The summed E-state index contributed by atoms with van der Waals surface area (Å²) in [6.07, 6.45) is -1.59. The summed E-state index contributed by atoms with van der Waals surface area (Å²) in [7, 11) is 0. The van der Waals surface area contributed by atoms with Crippen LogP contribution in [0.3, 0.4) is 0 Å². The molecule has 5 aromatic rings. The number of β-amino-alcohol motifs (C(OH)–C–C–N with tert-alkyl or cyclic N) is 2. The fourth-order valence-electron chi connectivity index (χ4n) is 9.55. The monoisotopic (exact) mass is 998 g/mol. The molecule has 20 heteroatoms. The predicted octanol–water partition coefficient (Wildman–Crippen LogP) is 5.31. The van der Waals surface area contributed by atoms with Crippen molar-refractivity contribution in [3.05, 3.63) is 93.5 Å². The number of amides is 5. The van der Waals surface area contributed by atoms with Gasteiger partial charge < -0.3 is 45.2 Å². The van der Waals surface area contributed by atoms with Gasteiger partial charge in [-0.15, -0.1) is 22.7 Å². The molecule has 0 saturated carbocycles. The van der Waals surface area contributed by atoms with Gasteiger partial charge in [-0.05, 0) is 54.9 Å². The van der Waals surface area contributed by atoms with Gasteiger partial charge in [-0.1, -0.05) is 69.2 Å². The van der Waals surface area contributed by atoms with Crippen molar-refractivity contribution in [3.8, 4) is 26.6 Å². The van der Waals surface area contributed by atoms with Gasteiger partial charge in [-0.2, -0.15) is 0 Å². The highest BCUT2D eigenvalue weighted by molar-refractivity contribution is 7.13. The number of hydrogen-bond donors (Lipinski definition) is 5. The maximum absolute atomic E-state index is 18.0. The lowest BCUT2D eigenvalue weighted by Crippen LogP contribution is -2.57. The van der Waals surface area contributed by atoms with Crippen LogP contribution < -0.4 is 20.7 Å². The molecule has 6 heterocycles. The van der Waals surface area contributed by atoms with Gasteiger partial charge in [-0.25, -0.2) is 14.4 Å². The second-order valence-electron chi connectivity index (χ2n) is 19.7. The Morgan fingerprint density at radius 1 is 0.886 bits per heavy atom. The van der Waals surface area contributed by atoms with E-state index in [0.29, 0.717) is 17.1 Å². The van der Waals surface area contributed by atoms with Crippen LogP contribution >= 0.6 is 22.7 Å². The van der Waals surface area contributed by atoms with Gasteiger partial charge in [0, 0.05) is 56.9 Å². The molecule has 0 aliphatic carbocycles. The average Bonchev–Trinajstić information content (AvgIpc) is 4.20. The Balaban J connectivity index is 0.932. The Bertz CT molecular complexity index is 2750. The van der Waals surface area contributed by atoms with Gasteiger partial charge in [0.25, 0.3) is 11.6 Å². The van der Waals surface area contributed by atoms with Crippen LogP contribution in [0.1, 0.15) is 93.9 Å². The van der Waals surface area contributed by atoms with Crippen molar-refractivity contribution in [2.75, 3.05) is 19.7 Å². The molecule has 2 aromatic carbocycles. The Morgan fingerprint density at radius 2 is 1.54 bits per heavy atom. The topological polar surface area (TPSA) is 229 Å². The van der Waals surface area contributed by atoms with Crippen molar-refractivity contribution in [3.63, 3.8) is 0 Å². The van der Waals surface area contributed by atoms with E-state index < -0.39 is 77.0 Å². The van der Waals surface area contributed by atoms with Crippen LogP contribution in [0.4, 0.5) is 4.39 Å². The first-order chi connectivity index (χ1) is 33.2. The van der Waals surface area contributed by atoms with Gasteiger partial charge in [0.1, 0.15) is 30.5 Å². The van der Waals surface area contributed by atoms with E-state index in [4.69, 9.17) is 9.26 Å². The first kappa shape index (κ1) is 50.3. The molecule has 0 spiro atoms. The van der Waals surface area contributed by atoms with Crippen molar-refractivity contribution < 1.29 is 47.8 Å². The Hall–Kier alpha value is -6.09. The van der Waals surface area contributed by atoms with E-state index in [-0.39, 0.29) is 63.6 Å². The molecule has 3 aliphatic heterocycles. The number of carbonyl (C=O) groups excluding carboxylic acids is 5. The van der Waals surface area contributed by atoms with Crippen LogP contribution in [0.2, 0.25) is 0 Å². The zero-order valence-corrected chi connectivity index (χ0v) is 41.8. The van der Waals surface area contributed by atoms with E-state index in [1.54, 1.807) is 36.2 Å². The lowest BCUT2D eigenvalue weighted by Gasteiger charge is -2.35. The maximum Gasteiger partial charge on any atom is 0.269 e. The van der Waals surface area contributed by atoms with Crippen molar-refractivity contribution >= 4 is 52.2 Å². The van der Waals surface area contributed by atoms with Crippen LogP contribution in [0, 0.1) is 25.2 Å². The molecule has 2 fully saturated rings. The third-order valence-electron chi connectivity index (χ3n) is 13.4. The van der Waals surface area contributed by atoms with E-state index in [2.05, 4.69) is 31.1 Å². The maximum atomic E-state index is 18.0. The van der Waals surface area contributed by atoms with Gasteiger partial charge in [0.2, 0.25) is 23.6 Å². The molecule has 2 saturated heterocycles. The van der Waals surface area contributed by atoms with Crippen LogP contribution in [0.15, 0.2) is 64.1 Å². The van der Waals surface area contributed by atoms with Crippen LogP contribution in [0.25, 0.3) is 20.9 Å². The lowest BCUT2D eigenvalue weighted by molar-refractivity contribution is -0.154. The van der Waals surface area contributed by atoms with E-state index in [9.17, 15) is 34.2 Å². The van der Waals surface area contributed by atoms with Crippen LogP contribution in [-0.4, -0.2) is 115 Å². The van der Waals surface area contributed by atoms with Gasteiger partial charge in [0.15, 0.2) is 5.76 Å². The van der Waals surface area contributed by atoms with E-state index >= 15 is 4.39 Å². The number of halogens is 1. The molecule has 5 amide bonds. The summed E-state index contributed by atoms with van der Waals surface area (Å²) in [5.74, 6) is -3.56. The summed E-state index contributed by atoms with van der Waals surface area (Å²) < 4.78 is 29.5. The van der Waals surface area contributed by atoms with E-state index in [1.165, 1.54) is 29.2 Å². The fourth-order valence-corrected chi connectivity index (χ4v) is 11.2. The van der Waals surface area contributed by atoms with Crippen LogP contribution in [0.5, 0.6) is 5.75 Å². The third-order valence-corrected chi connectivity index (χ3v) is 15.3. The number of benzene rings is 2. The summed E-state index contributed by atoms with van der Waals surface area (Å²) in [5.41, 5.74) is 5.34. The average molecular weight is 999 g/mol. The minimum atomic E-state index is -2.76. The number of thiazole rings is 2. The predicted molar refractivity (Wildman–Crippen MR) is 259 cm³/mol. The number of likely N-dealkylation sites (tertiary alicyclic amines) is 2. The minimum Gasteiger partial charge on any atom is -0.491 e. The summed E-state index contributed by atoms with van der Waals surface area (Å²) in [4.78, 5) is 81.1. The molecule has 8 rings (SSSR count). The van der Waals surface area contributed by atoms with Crippen molar-refractivity contribution in [2.24, 2.45) is 11.3 Å². The molecule has 70 heavy (non-hydrogen) atoms. The van der Waals surface area contributed by atoms with Gasteiger partial charge in [0.05, 0.1) is 56.1 Å². The normalized spacial score (nSPS) is 21.7. The second kappa shape index (κ2) is 20.3. The number of fused-ring (bicyclic) bond motifs is 1. The van der Waals surface area contributed by atoms with Crippen molar-refractivity contribution in [2.45, 2.75) is 123 Å². The zero-order chi connectivity index (χ0) is 50.2. The largest absolute Gasteiger partial charge is 0.491 e. The number of hydrogen-bond acceptors (Lipinski definition) is 14. The van der Waals surface area contributed by atoms with E-state index in [0.717, 1.165) is 42.6 Å². The number of rotatable bonds is 15. The van der Waals surface area contributed by atoms with E-state index in [1.807, 2.05) is 70.2 Å². The number of aromatic nitrogens is 3. The summed E-state index contributed by atoms with van der Waals surface area (Å²) >= 11 is 2.93. The Morgan fingerprint density at radius 3 is 2.19 bits per heavy atom. The first-order valence-electron chi connectivity index (χ1n) is 23.4. The molecule has 3 aromatic heterocycles. The highest BCUT2D eigenvalue weighted by atomic mass is 32.1. The number of aliphatic hydroxyl groups is 2. The summed E-state index contributed by atoms with van der Waals surface area (Å²) in [6.45, 7) is 11.9. The number of aliphatic hydroxyl groups excluding tert-OH is 2. The van der Waals surface area contributed by atoms with Crippen LogP contribution in [-0.2, 0) is 42.6 Å².